The second-order valence-electron chi connectivity index (χ2n) is 14.1. The second kappa shape index (κ2) is 14.6. The van der Waals surface area contributed by atoms with Crippen LogP contribution in [0.5, 0.6) is 0 Å². The van der Waals surface area contributed by atoms with Crippen LogP contribution in [-0.2, 0) is 44.8 Å². The highest BCUT2D eigenvalue weighted by molar-refractivity contribution is 6.74. The van der Waals surface area contributed by atoms with Crippen LogP contribution in [0.15, 0.2) is 24.3 Å². The maximum absolute atomic E-state index is 13.8. The van der Waals surface area contributed by atoms with Crippen molar-refractivity contribution in [2.45, 2.75) is 92.2 Å². The molecule has 0 spiro atoms. The quantitative estimate of drug-likeness (QED) is 0.105. The molecule has 0 radical (unpaired) electrons. The first-order valence-electron chi connectivity index (χ1n) is 17.0. The Balaban J connectivity index is 1.62. The lowest BCUT2D eigenvalue weighted by molar-refractivity contribution is 0.0358. The number of aryl methyl sites for hydroxylation is 2. The van der Waals surface area contributed by atoms with Crippen LogP contribution < -0.4 is 0 Å². The van der Waals surface area contributed by atoms with Gasteiger partial charge in [0.25, 0.3) is 0 Å². The van der Waals surface area contributed by atoms with Gasteiger partial charge in [-0.05, 0) is 62.9 Å². The minimum atomic E-state index is -1.88. The molecule has 0 aliphatic carbocycles. The van der Waals surface area contributed by atoms with Gasteiger partial charge in [-0.3, -0.25) is 9.58 Å². The summed E-state index contributed by atoms with van der Waals surface area (Å²) in [4.78, 5) is 16.2. The van der Waals surface area contributed by atoms with E-state index in [-0.39, 0.29) is 11.0 Å². The summed E-state index contributed by atoms with van der Waals surface area (Å²) in [6.07, 6.45) is 5.69. The summed E-state index contributed by atoms with van der Waals surface area (Å²) in [7, 11) is -1.88. The van der Waals surface area contributed by atoms with Crippen molar-refractivity contribution < 1.29 is 23.4 Å². The molecule has 0 amide bonds. The van der Waals surface area contributed by atoms with E-state index in [2.05, 4.69) is 80.1 Å². The molecule has 4 heterocycles. The number of hydrogen-bond acceptors (Lipinski definition) is 7. The minimum absolute atomic E-state index is 0.148. The Morgan fingerprint density at radius 1 is 1.04 bits per heavy atom. The second-order valence-corrected chi connectivity index (χ2v) is 18.9. The highest BCUT2D eigenvalue weighted by Gasteiger charge is 2.37. The minimum Gasteiger partial charge on any atom is -0.461 e. The molecule has 46 heavy (non-hydrogen) atoms. The standard InChI is InChI=1S/C36H54N4O5Si/c1-9-44-35(41)34-28(13-12-22-45-46(7,8)36(4,5)6)29-15-14-26(2)31-32-27(3)40(18-17-38-19-23-42-24-20-38)37-30(32)25-43-21-11-10-16-39(34)33(29)31/h10-11,14-15H,9,12-13,16-25H2,1-8H3/b11-10-. The van der Waals surface area contributed by atoms with E-state index in [1.165, 1.54) is 0 Å². The highest BCUT2D eigenvalue weighted by atomic mass is 28.4. The SMILES string of the molecule is CCOC(=O)c1c(CCCO[Si](C)(C)C(C)(C)C)c2ccc(C)c3c2n1C/C=C\COCc1nn(CCN2CCOCC2)c(C)c1-3. The van der Waals surface area contributed by atoms with E-state index in [0.29, 0.717) is 38.7 Å². The van der Waals surface area contributed by atoms with Gasteiger partial charge in [-0.25, -0.2) is 4.79 Å². The first-order valence-corrected chi connectivity index (χ1v) is 19.9. The smallest absolute Gasteiger partial charge is 0.355 e. The molecule has 10 heteroatoms. The normalized spacial score (nSPS) is 17.1. The lowest BCUT2D eigenvalue weighted by Crippen LogP contribution is -2.41. The number of rotatable bonds is 10. The van der Waals surface area contributed by atoms with Gasteiger partial charge in [0.1, 0.15) is 5.69 Å². The molecular formula is C36H54N4O5Si. The van der Waals surface area contributed by atoms with Crippen molar-refractivity contribution in [1.29, 1.82) is 0 Å². The van der Waals surface area contributed by atoms with Crippen molar-refractivity contribution >= 4 is 25.2 Å². The van der Waals surface area contributed by atoms with E-state index in [1.54, 1.807) is 0 Å². The van der Waals surface area contributed by atoms with Crippen molar-refractivity contribution in [3.63, 3.8) is 0 Å². The van der Waals surface area contributed by atoms with E-state index >= 15 is 0 Å². The number of esters is 1. The molecule has 0 bridgehead atoms. The maximum atomic E-state index is 13.8. The zero-order chi connectivity index (χ0) is 33.1. The maximum Gasteiger partial charge on any atom is 0.355 e. The molecule has 2 aliphatic heterocycles. The average molecular weight is 651 g/mol. The number of carbonyl (C=O) groups excluding carboxylic acids is 1. The van der Waals surface area contributed by atoms with Gasteiger partial charge >= 0.3 is 5.97 Å². The van der Waals surface area contributed by atoms with E-state index in [0.717, 1.165) is 96.8 Å². The zero-order valence-electron chi connectivity index (χ0n) is 29.3. The molecular weight excluding hydrogens is 597 g/mol. The fourth-order valence-corrected chi connectivity index (χ4v) is 7.47. The Morgan fingerprint density at radius 2 is 1.80 bits per heavy atom. The van der Waals surface area contributed by atoms with Gasteiger partial charge in [-0.1, -0.05) is 45.1 Å². The lowest BCUT2D eigenvalue weighted by atomic mass is 9.94. The van der Waals surface area contributed by atoms with Crippen LogP contribution in [0.4, 0.5) is 0 Å². The topological polar surface area (TPSA) is 80.0 Å². The monoisotopic (exact) mass is 650 g/mol. The highest BCUT2D eigenvalue weighted by Crippen LogP contribution is 2.41. The fourth-order valence-electron chi connectivity index (χ4n) is 6.38. The van der Waals surface area contributed by atoms with Crippen LogP contribution in [0.1, 0.15) is 67.1 Å². The summed E-state index contributed by atoms with van der Waals surface area (Å²) in [6, 6.07) is 4.38. The van der Waals surface area contributed by atoms with Crippen molar-refractivity contribution in [1.82, 2.24) is 19.2 Å². The van der Waals surface area contributed by atoms with E-state index in [1.807, 2.05) is 13.0 Å². The summed E-state index contributed by atoms with van der Waals surface area (Å²) >= 11 is 0. The molecule has 0 atom stereocenters. The summed E-state index contributed by atoms with van der Waals surface area (Å²) in [6.45, 7) is 25.2. The molecule has 2 aliphatic rings. The van der Waals surface area contributed by atoms with Gasteiger partial charge in [0.2, 0.25) is 0 Å². The van der Waals surface area contributed by atoms with Crippen molar-refractivity contribution in [3.8, 4) is 11.1 Å². The van der Waals surface area contributed by atoms with Crippen LogP contribution in [0, 0.1) is 13.8 Å². The average Bonchev–Trinajstić information content (AvgIpc) is 3.48. The van der Waals surface area contributed by atoms with Crippen LogP contribution >= 0.6 is 0 Å². The molecule has 5 rings (SSSR count). The van der Waals surface area contributed by atoms with Gasteiger partial charge in [-0.15, -0.1) is 0 Å². The summed E-state index contributed by atoms with van der Waals surface area (Å²) in [5.41, 5.74) is 8.16. The zero-order valence-corrected chi connectivity index (χ0v) is 30.3. The largest absolute Gasteiger partial charge is 0.461 e. The van der Waals surface area contributed by atoms with E-state index in [4.69, 9.17) is 23.7 Å². The molecule has 0 unspecified atom stereocenters. The van der Waals surface area contributed by atoms with Gasteiger partial charge in [-0.2, -0.15) is 5.10 Å². The van der Waals surface area contributed by atoms with Crippen molar-refractivity contribution in [2.24, 2.45) is 0 Å². The van der Waals surface area contributed by atoms with Gasteiger partial charge < -0.3 is 23.2 Å². The van der Waals surface area contributed by atoms with Gasteiger partial charge in [0.05, 0.1) is 50.8 Å². The lowest BCUT2D eigenvalue weighted by Gasteiger charge is -2.36. The molecule has 3 aromatic rings. The summed E-state index contributed by atoms with van der Waals surface area (Å²) in [5.74, 6) is -0.278. The molecule has 252 valence electrons. The fraction of sp³-hybridized carbons (Fsp3) is 0.611. The van der Waals surface area contributed by atoms with Crippen molar-refractivity contribution in [2.75, 3.05) is 52.7 Å². The van der Waals surface area contributed by atoms with E-state index in [9.17, 15) is 4.79 Å². The molecule has 0 saturated carbocycles. The molecule has 9 nitrogen and oxygen atoms in total. The Kier molecular flexibility index (Phi) is 10.9. The molecule has 1 saturated heterocycles. The van der Waals surface area contributed by atoms with Gasteiger partial charge in [0, 0.05) is 55.0 Å². The Morgan fingerprint density at radius 3 is 2.52 bits per heavy atom. The third-order valence-corrected chi connectivity index (χ3v) is 14.6. The van der Waals surface area contributed by atoms with Crippen LogP contribution in [0.25, 0.3) is 22.0 Å². The predicted octanol–water partition coefficient (Wildman–Crippen LogP) is 6.67. The first kappa shape index (κ1) is 34.6. The number of allylic oxidation sites excluding steroid dienone is 1. The number of aromatic nitrogens is 3. The Labute approximate surface area is 275 Å². The van der Waals surface area contributed by atoms with E-state index < -0.39 is 8.32 Å². The van der Waals surface area contributed by atoms with Crippen LogP contribution in [-0.4, -0.2) is 86.2 Å². The Hall–Kier alpha value is -2.76. The number of benzene rings is 1. The molecule has 1 aromatic carbocycles. The summed E-state index contributed by atoms with van der Waals surface area (Å²) < 4.78 is 28.3. The molecule has 2 aromatic heterocycles. The number of nitrogens with zero attached hydrogens (tertiary/aromatic N) is 4. The van der Waals surface area contributed by atoms with Gasteiger partial charge in [0.15, 0.2) is 8.32 Å². The Bertz CT molecular complexity index is 1560. The van der Waals surface area contributed by atoms with Crippen molar-refractivity contribution in [3.05, 3.63) is 52.5 Å². The first-order chi connectivity index (χ1) is 21.9. The predicted molar refractivity (Wildman–Crippen MR) is 186 cm³/mol. The molecule has 0 N–H and O–H groups in total. The third-order valence-electron chi connectivity index (χ3n) is 10.0. The number of ether oxygens (including phenoxy) is 3. The van der Waals surface area contributed by atoms with Crippen LogP contribution in [0.2, 0.25) is 18.1 Å². The molecule has 1 fully saturated rings. The third kappa shape index (κ3) is 7.21. The number of carbonyl (C=O) groups is 1. The number of hydrogen-bond donors (Lipinski definition) is 0. The summed E-state index contributed by atoms with van der Waals surface area (Å²) in [5, 5.41) is 6.37. The number of morpholine rings is 1. The van der Waals surface area contributed by atoms with Crippen LogP contribution in [0.3, 0.4) is 0 Å². The number of fused-ring (bicyclic) bond motifs is 2.